The molecular weight excluding hydrogens is 268 g/mol. The van der Waals surface area contributed by atoms with E-state index in [0.29, 0.717) is 25.1 Å². The molecule has 0 bridgehead atoms. The van der Waals surface area contributed by atoms with Crippen molar-refractivity contribution in [2.45, 2.75) is 45.8 Å². The van der Waals surface area contributed by atoms with Crippen molar-refractivity contribution in [1.82, 2.24) is 9.97 Å². The molecule has 1 aromatic heterocycles. The van der Waals surface area contributed by atoms with Gasteiger partial charge in [0, 0.05) is 38.5 Å². The van der Waals surface area contributed by atoms with Crippen LogP contribution in [0.4, 0.5) is 11.6 Å². The van der Waals surface area contributed by atoms with Crippen LogP contribution in [0.5, 0.6) is 0 Å². The molecule has 1 saturated heterocycles. The monoisotopic (exact) mass is 294 g/mol. The lowest BCUT2D eigenvalue weighted by Gasteiger charge is -2.24. The van der Waals surface area contributed by atoms with Gasteiger partial charge < -0.3 is 20.1 Å². The lowest BCUT2D eigenvalue weighted by Crippen LogP contribution is -2.28. The van der Waals surface area contributed by atoms with Crippen molar-refractivity contribution in [3.8, 4) is 0 Å². The highest BCUT2D eigenvalue weighted by Crippen LogP contribution is 2.17. The van der Waals surface area contributed by atoms with Crippen LogP contribution in [0.15, 0.2) is 6.07 Å². The van der Waals surface area contributed by atoms with E-state index in [9.17, 15) is 0 Å². The molecule has 0 saturated carbocycles. The normalized spacial score (nSPS) is 15.9. The maximum Gasteiger partial charge on any atom is 0.158 e. The van der Waals surface area contributed by atoms with Gasteiger partial charge in [0.05, 0.1) is 0 Å². The summed E-state index contributed by atoms with van der Waals surface area (Å²) in [7, 11) is 0. The first-order chi connectivity index (χ1) is 10.3. The van der Waals surface area contributed by atoms with Gasteiger partial charge in [-0.05, 0) is 26.2 Å². The zero-order valence-corrected chi connectivity index (χ0v) is 13.0. The molecule has 6 nitrogen and oxygen atoms in total. The van der Waals surface area contributed by atoms with Crippen LogP contribution in [0.25, 0.3) is 0 Å². The van der Waals surface area contributed by atoms with Crippen molar-refractivity contribution < 1.29 is 9.47 Å². The van der Waals surface area contributed by atoms with Gasteiger partial charge in [-0.25, -0.2) is 9.97 Å². The van der Waals surface area contributed by atoms with Gasteiger partial charge in [-0.2, -0.15) is 0 Å². The first-order valence-electron chi connectivity index (χ1n) is 7.85. The Morgan fingerprint density at radius 2 is 2.00 bits per heavy atom. The molecule has 0 aliphatic carbocycles. The van der Waals surface area contributed by atoms with Crippen molar-refractivity contribution >= 4 is 11.6 Å². The molecule has 21 heavy (non-hydrogen) atoms. The van der Waals surface area contributed by atoms with E-state index in [1.165, 1.54) is 0 Å². The molecule has 0 unspecified atom stereocenters. The molecule has 2 N–H and O–H groups in total. The molecule has 1 aliphatic heterocycles. The maximum absolute atomic E-state index is 5.42. The van der Waals surface area contributed by atoms with Crippen molar-refractivity contribution in [3.63, 3.8) is 0 Å². The van der Waals surface area contributed by atoms with Crippen LogP contribution in [0.1, 0.15) is 38.9 Å². The largest absolute Gasteiger partial charge is 0.381 e. The molecule has 1 aromatic rings. The van der Waals surface area contributed by atoms with E-state index in [1.54, 1.807) is 0 Å². The van der Waals surface area contributed by atoms with Gasteiger partial charge in [-0.1, -0.05) is 6.92 Å². The SMILES string of the molecule is CCCNc1cc(NC2CCOCC2)nc(COCC)n1. The minimum atomic E-state index is 0.424. The second-order valence-electron chi connectivity index (χ2n) is 5.15. The Morgan fingerprint density at radius 1 is 1.24 bits per heavy atom. The van der Waals surface area contributed by atoms with Gasteiger partial charge >= 0.3 is 0 Å². The van der Waals surface area contributed by atoms with Crippen LogP contribution >= 0.6 is 0 Å². The summed E-state index contributed by atoms with van der Waals surface area (Å²) >= 11 is 0. The number of ether oxygens (including phenoxy) is 2. The first-order valence-corrected chi connectivity index (χ1v) is 7.85. The van der Waals surface area contributed by atoms with E-state index in [1.807, 2.05) is 13.0 Å². The fourth-order valence-corrected chi connectivity index (χ4v) is 2.22. The number of aromatic nitrogens is 2. The van der Waals surface area contributed by atoms with Crippen molar-refractivity contribution in [2.24, 2.45) is 0 Å². The molecule has 0 radical (unpaired) electrons. The smallest absolute Gasteiger partial charge is 0.158 e. The average Bonchev–Trinajstić information content (AvgIpc) is 2.52. The van der Waals surface area contributed by atoms with E-state index in [-0.39, 0.29) is 0 Å². The minimum absolute atomic E-state index is 0.424. The molecule has 0 aromatic carbocycles. The number of anilines is 2. The molecule has 0 amide bonds. The fourth-order valence-electron chi connectivity index (χ4n) is 2.22. The van der Waals surface area contributed by atoms with Gasteiger partial charge in [0.15, 0.2) is 5.82 Å². The third-order valence-corrected chi connectivity index (χ3v) is 3.34. The summed E-state index contributed by atoms with van der Waals surface area (Å²) in [6.45, 7) is 7.75. The zero-order valence-electron chi connectivity index (χ0n) is 13.0. The summed E-state index contributed by atoms with van der Waals surface area (Å²) in [6, 6.07) is 2.40. The van der Waals surface area contributed by atoms with Crippen LogP contribution in [-0.2, 0) is 16.1 Å². The third-order valence-electron chi connectivity index (χ3n) is 3.34. The van der Waals surface area contributed by atoms with Gasteiger partial charge in [0.1, 0.15) is 18.2 Å². The number of nitrogens with one attached hydrogen (secondary N) is 2. The summed E-state index contributed by atoms with van der Waals surface area (Å²) in [6.07, 6.45) is 3.10. The van der Waals surface area contributed by atoms with Crippen LogP contribution in [0.2, 0.25) is 0 Å². The predicted molar refractivity (Wildman–Crippen MR) is 83.6 cm³/mol. The predicted octanol–water partition coefficient (Wildman–Crippen LogP) is 2.43. The zero-order chi connectivity index (χ0) is 14.9. The lowest BCUT2D eigenvalue weighted by molar-refractivity contribution is 0.0903. The Kier molecular flexibility index (Phi) is 6.69. The molecule has 1 fully saturated rings. The third kappa shape index (κ3) is 5.47. The molecule has 0 spiro atoms. The average molecular weight is 294 g/mol. The summed E-state index contributed by atoms with van der Waals surface area (Å²) in [4.78, 5) is 9.03. The van der Waals surface area contributed by atoms with Crippen molar-refractivity contribution in [3.05, 3.63) is 11.9 Å². The van der Waals surface area contributed by atoms with E-state index in [0.717, 1.165) is 50.7 Å². The lowest BCUT2D eigenvalue weighted by atomic mass is 10.1. The van der Waals surface area contributed by atoms with Crippen LogP contribution in [0, 0.1) is 0 Å². The van der Waals surface area contributed by atoms with Crippen molar-refractivity contribution in [1.29, 1.82) is 0 Å². The Labute approximate surface area is 126 Å². The minimum Gasteiger partial charge on any atom is -0.381 e. The number of nitrogens with zero attached hydrogens (tertiary/aromatic N) is 2. The standard InChI is InChI=1S/C15H26N4O2/c1-3-7-16-13-10-14(17-12-5-8-21-9-6-12)19-15(18-13)11-20-4-2/h10,12H,3-9,11H2,1-2H3,(H2,16,17,18,19). The molecule has 2 rings (SSSR count). The number of hydrogen-bond donors (Lipinski definition) is 2. The van der Waals surface area contributed by atoms with Gasteiger partial charge in [0.2, 0.25) is 0 Å². The summed E-state index contributed by atoms with van der Waals surface area (Å²) in [5, 5.41) is 6.81. The Balaban J connectivity index is 2.05. The maximum atomic E-state index is 5.42. The Hall–Kier alpha value is -1.40. The van der Waals surface area contributed by atoms with E-state index < -0.39 is 0 Å². The molecule has 1 aliphatic rings. The van der Waals surface area contributed by atoms with E-state index >= 15 is 0 Å². The Bertz CT molecular complexity index is 396. The van der Waals surface area contributed by atoms with Crippen LogP contribution < -0.4 is 10.6 Å². The van der Waals surface area contributed by atoms with Gasteiger partial charge in [-0.15, -0.1) is 0 Å². The molecule has 118 valence electrons. The van der Waals surface area contributed by atoms with Crippen LogP contribution in [-0.4, -0.2) is 42.4 Å². The Morgan fingerprint density at radius 3 is 2.71 bits per heavy atom. The molecule has 6 heteroatoms. The highest BCUT2D eigenvalue weighted by molar-refractivity contribution is 5.48. The number of rotatable bonds is 8. The number of hydrogen-bond acceptors (Lipinski definition) is 6. The summed E-state index contributed by atoms with van der Waals surface area (Å²) < 4.78 is 10.8. The van der Waals surface area contributed by atoms with E-state index in [4.69, 9.17) is 9.47 Å². The topological polar surface area (TPSA) is 68.3 Å². The molecular formula is C15H26N4O2. The molecule has 2 heterocycles. The highest BCUT2D eigenvalue weighted by atomic mass is 16.5. The second kappa shape index (κ2) is 8.79. The molecule has 0 atom stereocenters. The second-order valence-corrected chi connectivity index (χ2v) is 5.15. The quantitative estimate of drug-likeness (QED) is 0.767. The van der Waals surface area contributed by atoms with Crippen molar-refractivity contribution in [2.75, 3.05) is 37.0 Å². The van der Waals surface area contributed by atoms with Crippen LogP contribution in [0.3, 0.4) is 0 Å². The van der Waals surface area contributed by atoms with Gasteiger partial charge in [-0.3, -0.25) is 0 Å². The highest BCUT2D eigenvalue weighted by Gasteiger charge is 2.15. The summed E-state index contributed by atoms with van der Waals surface area (Å²) in [5.74, 6) is 2.44. The first kappa shape index (κ1) is 16.0. The van der Waals surface area contributed by atoms with E-state index in [2.05, 4.69) is 27.5 Å². The van der Waals surface area contributed by atoms with Gasteiger partial charge in [0.25, 0.3) is 0 Å². The summed E-state index contributed by atoms with van der Waals surface area (Å²) in [5.41, 5.74) is 0. The fraction of sp³-hybridized carbons (Fsp3) is 0.733.